The highest BCUT2D eigenvalue weighted by molar-refractivity contribution is 7.17. The second kappa shape index (κ2) is 2.88. The van der Waals surface area contributed by atoms with Gasteiger partial charge in [0.15, 0.2) is 4.96 Å². The van der Waals surface area contributed by atoms with E-state index < -0.39 is 0 Å². The van der Waals surface area contributed by atoms with Crippen molar-refractivity contribution >= 4 is 16.3 Å². The molecule has 12 heavy (non-hydrogen) atoms. The highest BCUT2D eigenvalue weighted by Gasteiger charge is 2.03. The van der Waals surface area contributed by atoms with E-state index in [2.05, 4.69) is 11.2 Å². The van der Waals surface area contributed by atoms with E-state index in [0.717, 1.165) is 11.4 Å². The maximum atomic E-state index is 5.69. The molecule has 0 spiro atoms. The van der Waals surface area contributed by atoms with Gasteiger partial charge in [-0.3, -0.25) is 4.40 Å². The van der Waals surface area contributed by atoms with E-state index in [9.17, 15) is 0 Å². The molecule has 0 aliphatic carbocycles. The summed E-state index contributed by atoms with van der Waals surface area (Å²) in [6.45, 7) is 2.02. The van der Waals surface area contributed by atoms with Crippen LogP contribution in [0, 0.1) is 0 Å². The average molecular weight is 181 g/mol. The largest absolute Gasteiger partial charge is 0.328 e. The van der Waals surface area contributed by atoms with Crippen LogP contribution in [-0.4, -0.2) is 15.4 Å². The van der Waals surface area contributed by atoms with Crippen molar-refractivity contribution in [3.63, 3.8) is 0 Å². The predicted molar refractivity (Wildman–Crippen MR) is 50.4 cm³/mol. The first-order valence-corrected chi connectivity index (χ1v) is 4.74. The summed E-state index contributed by atoms with van der Waals surface area (Å²) in [5.41, 5.74) is 5.69. The number of nitrogens with two attached hydrogens (primary N) is 1. The highest BCUT2D eigenvalue weighted by Crippen LogP contribution is 2.16. The highest BCUT2D eigenvalue weighted by atomic mass is 32.1. The molecule has 2 heterocycles. The number of nitrogens with zero attached hydrogens (tertiary/aromatic N) is 2. The molecule has 4 heteroatoms. The normalized spacial score (nSPS) is 13.8. The fourth-order valence-electron chi connectivity index (χ4n) is 1.19. The lowest BCUT2D eigenvalue weighted by atomic mass is 10.2. The van der Waals surface area contributed by atoms with Crippen LogP contribution in [0.15, 0.2) is 18.6 Å². The van der Waals surface area contributed by atoms with E-state index >= 15 is 0 Å². The Hall–Kier alpha value is -0.870. The third-order valence-corrected chi connectivity index (χ3v) is 2.69. The van der Waals surface area contributed by atoms with Crippen LogP contribution < -0.4 is 5.73 Å². The molecule has 2 aromatic rings. The van der Waals surface area contributed by atoms with Crippen LogP contribution in [0.5, 0.6) is 0 Å². The van der Waals surface area contributed by atoms with Crippen LogP contribution in [0.1, 0.15) is 11.8 Å². The van der Waals surface area contributed by atoms with Crippen molar-refractivity contribution in [3.05, 3.63) is 23.5 Å². The fourth-order valence-corrected chi connectivity index (χ4v) is 2.27. The first-order valence-electron chi connectivity index (χ1n) is 3.92. The zero-order valence-corrected chi connectivity index (χ0v) is 7.71. The van der Waals surface area contributed by atoms with Gasteiger partial charge in [0.05, 0.1) is 0 Å². The quantitative estimate of drug-likeness (QED) is 0.758. The average Bonchev–Trinajstić information content (AvgIpc) is 2.43. The number of thiazole rings is 1. The fraction of sp³-hybridized carbons (Fsp3) is 0.375. The second-order valence-corrected chi connectivity index (χ2v) is 4.09. The lowest BCUT2D eigenvalue weighted by Crippen LogP contribution is -2.16. The van der Waals surface area contributed by atoms with Gasteiger partial charge in [-0.2, -0.15) is 0 Å². The van der Waals surface area contributed by atoms with Gasteiger partial charge in [0.1, 0.15) is 0 Å². The lowest BCUT2D eigenvalue weighted by Gasteiger charge is -1.98. The number of imidazole rings is 1. The molecule has 0 saturated carbocycles. The van der Waals surface area contributed by atoms with E-state index in [4.69, 9.17) is 5.73 Å². The lowest BCUT2D eigenvalue weighted by molar-refractivity contribution is 0.744. The first kappa shape index (κ1) is 7.76. The van der Waals surface area contributed by atoms with E-state index in [0.29, 0.717) is 0 Å². The third-order valence-electron chi connectivity index (χ3n) is 1.66. The van der Waals surface area contributed by atoms with Gasteiger partial charge < -0.3 is 5.73 Å². The summed E-state index contributed by atoms with van der Waals surface area (Å²) < 4.78 is 2.03. The molecule has 0 fully saturated rings. The zero-order valence-electron chi connectivity index (χ0n) is 6.90. The molecule has 0 aliphatic heterocycles. The van der Waals surface area contributed by atoms with Gasteiger partial charge in [-0.05, 0) is 13.3 Å². The maximum absolute atomic E-state index is 5.69. The molecule has 0 amide bonds. The van der Waals surface area contributed by atoms with Gasteiger partial charge in [-0.1, -0.05) is 0 Å². The number of hydrogen-bond donors (Lipinski definition) is 1. The van der Waals surface area contributed by atoms with Gasteiger partial charge in [-0.15, -0.1) is 11.3 Å². The van der Waals surface area contributed by atoms with Crippen molar-refractivity contribution in [2.24, 2.45) is 5.73 Å². The molecule has 0 aliphatic rings. The monoisotopic (exact) mass is 181 g/mol. The molecule has 0 radical (unpaired) electrons. The summed E-state index contributed by atoms with van der Waals surface area (Å²) in [6, 6.07) is 0.230. The van der Waals surface area contributed by atoms with Crippen LogP contribution in [0.2, 0.25) is 0 Å². The van der Waals surface area contributed by atoms with Crippen molar-refractivity contribution in [1.82, 2.24) is 9.38 Å². The van der Waals surface area contributed by atoms with Crippen molar-refractivity contribution in [2.75, 3.05) is 0 Å². The Morgan fingerprint density at radius 3 is 3.25 bits per heavy atom. The number of rotatable bonds is 2. The molecule has 0 aromatic carbocycles. The van der Waals surface area contributed by atoms with Gasteiger partial charge in [0, 0.05) is 29.5 Å². The summed E-state index contributed by atoms with van der Waals surface area (Å²) in [5, 5.41) is 0. The molecule has 1 unspecified atom stereocenters. The van der Waals surface area contributed by atoms with Crippen molar-refractivity contribution in [2.45, 2.75) is 19.4 Å². The zero-order chi connectivity index (χ0) is 8.55. The van der Waals surface area contributed by atoms with Crippen molar-refractivity contribution < 1.29 is 0 Å². The van der Waals surface area contributed by atoms with E-state index in [1.165, 1.54) is 4.88 Å². The van der Waals surface area contributed by atoms with Gasteiger partial charge in [0.25, 0.3) is 0 Å². The molecule has 3 nitrogen and oxygen atoms in total. The van der Waals surface area contributed by atoms with Crippen LogP contribution in [0.3, 0.4) is 0 Å². The number of hydrogen-bond acceptors (Lipinski definition) is 3. The number of aromatic nitrogens is 2. The van der Waals surface area contributed by atoms with E-state index in [-0.39, 0.29) is 6.04 Å². The molecular weight excluding hydrogens is 170 g/mol. The number of fused-ring (bicyclic) bond motifs is 1. The molecule has 2 rings (SSSR count). The Morgan fingerprint density at radius 2 is 2.58 bits per heavy atom. The Balaban J connectivity index is 2.32. The smallest absolute Gasteiger partial charge is 0.193 e. The van der Waals surface area contributed by atoms with Crippen LogP contribution >= 0.6 is 11.3 Å². The summed E-state index contributed by atoms with van der Waals surface area (Å²) in [4.78, 5) is 6.53. The standard InChI is InChI=1S/C8H11N3S/c1-6(9)4-7-5-11-3-2-10-8(11)12-7/h2-3,5-6H,4,9H2,1H3. The van der Waals surface area contributed by atoms with Gasteiger partial charge >= 0.3 is 0 Å². The SMILES string of the molecule is CC(N)Cc1cn2ccnc2s1. The summed E-state index contributed by atoms with van der Waals surface area (Å²) in [7, 11) is 0. The summed E-state index contributed by atoms with van der Waals surface area (Å²) in [5.74, 6) is 0. The predicted octanol–water partition coefficient (Wildman–Crippen LogP) is 1.29. The molecule has 0 saturated heterocycles. The van der Waals surface area contributed by atoms with Crippen LogP contribution in [-0.2, 0) is 6.42 Å². The topological polar surface area (TPSA) is 43.3 Å². The second-order valence-electron chi connectivity index (χ2n) is 3.00. The first-order chi connectivity index (χ1) is 5.75. The Bertz CT molecular complexity index is 346. The minimum atomic E-state index is 0.230. The molecular formula is C8H11N3S. The summed E-state index contributed by atoms with van der Waals surface area (Å²) in [6.07, 6.45) is 6.79. The molecule has 0 bridgehead atoms. The Labute approximate surface area is 74.8 Å². The Morgan fingerprint density at radius 1 is 1.75 bits per heavy atom. The Kier molecular flexibility index (Phi) is 1.86. The van der Waals surface area contributed by atoms with Gasteiger partial charge in [0.2, 0.25) is 0 Å². The maximum Gasteiger partial charge on any atom is 0.193 e. The van der Waals surface area contributed by atoms with E-state index in [1.807, 2.05) is 23.7 Å². The van der Waals surface area contributed by atoms with Crippen molar-refractivity contribution in [1.29, 1.82) is 0 Å². The molecule has 64 valence electrons. The van der Waals surface area contributed by atoms with Crippen molar-refractivity contribution in [3.8, 4) is 0 Å². The third kappa shape index (κ3) is 1.35. The summed E-state index contributed by atoms with van der Waals surface area (Å²) >= 11 is 1.70. The minimum Gasteiger partial charge on any atom is -0.328 e. The van der Waals surface area contributed by atoms with Crippen LogP contribution in [0.4, 0.5) is 0 Å². The minimum absolute atomic E-state index is 0.230. The molecule has 2 N–H and O–H groups in total. The van der Waals surface area contributed by atoms with Gasteiger partial charge in [-0.25, -0.2) is 4.98 Å². The molecule has 2 aromatic heterocycles. The van der Waals surface area contributed by atoms with E-state index in [1.54, 1.807) is 11.3 Å². The molecule has 1 atom stereocenters. The van der Waals surface area contributed by atoms with Crippen LogP contribution in [0.25, 0.3) is 4.96 Å².